The summed E-state index contributed by atoms with van der Waals surface area (Å²) in [4.78, 5) is 0. The van der Waals surface area contributed by atoms with Crippen molar-refractivity contribution in [3.05, 3.63) is 34.1 Å². The number of nitrogens with one attached hydrogen (secondary N) is 1. The maximum Gasteiger partial charge on any atom is 0.127 e. The molecule has 0 bridgehead atoms. The van der Waals surface area contributed by atoms with Crippen LogP contribution in [0.2, 0.25) is 0 Å². The molecule has 0 aliphatic carbocycles. The van der Waals surface area contributed by atoms with Gasteiger partial charge in [-0.05, 0) is 45.0 Å². The monoisotopic (exact) mass is 303 g/mol. The Morgan fingerprint density at radius 3 is 2.59 bits per heavy atom. The standard InChI is InChI=1S/C13H19BrFNO/c1-13(2,17-4)12(16-3)7-9-5-6-10(14)8-11(9)15/h5-6,8,12,16H,7H2,1-4H3. The van der Waals surface area contributed by atoms with Crippen molar-refractivity contribution in [3.8, 4) is 0 Å². The highest BCUT2D eigenvalue weighted by Gasteiger charge is 2.28. The van der Waals surface area contributed by atoms with Crippen LogP contribution in [0.5, 0.6) is 0 Å². The molecule has 0 saturated heterocycles. The summed E-state index contributed by atoms with van der Waals surface area (Å²) >= 11 is 3.25. The van der Waals surface area contributed by atoms with Gasteiger partial charge >= 0.3 is 0 Å². The van der Waals surface area contributed by atoms with Crippen molar-refractivity contribution in [2.45, 2.75) is 31.9 Å². The number of hydrogen-bond acceptors (Lipinski definition) is 2. The Bertz CT molecular complexity index is 382. The van der Waals surface area contributed by atoms with Crippen molar-refractivity contribution in [3.63, 3.8) is 0 Å². The molecule has 96 valence electrons. The molecule has 0 heterocycles. The molecule has 0 radical (unpaired) electrons. The minimum atomic E-state index is -0.339. The molecule has 0 spiro atoms. The van der Waals surface area contributed by atoms with E-state index in [1.807, 2.05) is 27.0 Å². The summed E-state index contributed by atoms with van der Waals surface area (Å²) in [5.74, 6) is -0.188. The number of hydrogen-bond donors (Lipinski definition) is 1. The molecule has 0 aromatic heterocycles. The van der Waals surface area contributed by atoms with Crippen molar-refractivity contribution in [2.75, 3.05) is 14.2 Å². The van der Waals surface area contributed by atoms with E-state index >= 15 is 0 Å². The summed E-state index contributed by atoms with van der Waals surface area (Å²) in [5.41, 5.74) is 0.353. The van der Waals surface area contributed by atoms with Crippen molar-refractivity contribution in [2.24, 2.45) is 0 Å². The van der Waals surface area contributed by atoms with Gasteiger partial charge in [0.15, 0.2) is 0 Å². The van der Waals surface area contributed by atoms with Gasteiger partial charge in [-0.1, -0.05) is 22.0 Å². The van der Waals surface area contributed by atoms with E-state index in [1.165, 1.54) is 6.07 Å². The molecule has 17 heavy (non-hydrogen) atoms. The Kier molecular flexibility index (Phi) is 5.10. The fraction of sp³-hybridized carbons (Fsp3) is 0.538. The lowest BCUT2D eigenvalue weighted by molar-refractivity contribution is -0.00815. The van der Waals surface area contributed by atoms with Gasteiger partial charge in [-0.15, -0.1) is 0 Å². The van der Waals surface area contributed by atoms with Crippen LogP contribution in [0, 0.1) is 5.82 Å². The lowest BCUT2D eigenvalue weighted by Gasteiger charge is -2.33. The molecule has 2 nitrogen and oxygen atoms in total. The van der Waals surface area contributed by atoms with Crippen molar-refractivity contribution in [1.82, 2.24) is 5.32 Å². The smallest absolute Gasteiger partial charge is 0.127 e. The first-order valence-electron chi connectivity index (χ1n) is 5.57. The van der Waals surface area contributed by atoms with E-state index in [4.69, 9.17) is 4.74 Å². The fourth-order valence-corrected chi connectivity index (χ4v) is 2.08. The zero-order valence-electron chi connectivity index (χ0n) is 10.7. The molecular formula is C13H19BrFNO. The van der Waals surface area contributed by atoms with E-state index in [9.17, 15) is 4.39 Å². The molecule has 1 aromatic carbocycles. The van der Waals surface area contributed by atoms with E-state index in [-0.39, 0.29) is 17.5 Å². The molecule has 1 unspecified atom stereocenters. The lowest BCUT2D eigenvalue weighted by Crippen LogP contribution is -2.48. The third-order valence-corrected chi connectivity index (χ3v) is 3.65. The molecule has 4 heteroatoms. The molecule has 0 fully saturated rings. The minimum Gasteiger partial charge on any atom is -0.377 e. The average molecular weight is 304 g/mol. The van der Waals surface area contributed by atoms with E-state index in [0.717, 1.165) is 4.47 Å². The molecule has 0 saturated carbocycles. The molecule has 0 amide bonds. The van der Waals surface area contributed by atoms with Crippen molar-refractivity contribution < 1.29 is 9.13 Å². The summed E-state index contributed by atoms with van der Waals surface area (Å²) in [7, 11) is 3.53. The molecule has 0 aliphatic heterocycles. The highest BCUT2D eigenvalue weighted by molar-refractivity contribution is 9.10. The van der Waals surface area contributed by atoms with Gasteiger partial charge in [0.25, 0.3) is 0 Å². The number of methoxy groups -OCH3 is 1. The SMILES string of the molecule is CNC(Cc1ccc(Br)cc1F)C(C)(C)OC. The largest absolute Gasteiger partial charge is 0.377 e. The first-order chi connectivity index (χ1) is 7.90. The lowest BCUT2D eigenvalue weighted by atomic mass is 9.92. The Morgan fingerprint density at radius 1 is 1.47 bits per heavy atom. The second kappa shape index (κ2) is 5.94. The summed E-state index contributed by atoms with van der Waals surface area (Å²) in [6.45, 7) is 3.98. The van der Waals surface area contributed by atoms with Gasteiger partial charge < -0.3 is 10.1 Å². The third-order valence-electron chi connectivity index (χ3n) is 3.15. The minimum absolute atomic E-state index is 0.0585. The molecule has 1 rings (SSSR count). The highest BCUT2D eigenvalue weighted by Crippen LogP contribution is 2.21. The summed E-state index contributed by atoms with van der Waals surface area (Å²) in [5, 5.41) is 3.18. The van der Waals surface area contributed by atoms with Gasteiger partial charge in [0, 0.05) is 17.6 Å². The summed E-state index contributed by atoms with van der Waals surface area (Å²) < 4.78 is 19.9. The Balaban J connectivity index is 2.88. The number of rotatable bonds is 5. The van der Waals surface area contributed by atoms with E-state index in [0.29, 0.717) is 12.0 Å². The van der Waals surface area contributed by atoms with Crippen LogP contribution in [0.4, 0.5) is 4.39 Å². The van der Waals surface area contributed by atoms with Gasteiger partial charge in [-0.3, -0.25) is 0 Å². The van der Waals surface area contributed by atoms with Crippen LogP contribution in [-0.4, -0.2) is 25.8 Å². The predicted octanol–water partition coefficient (Wildman–Crippen LogP) is 3.14. The number of benzene rings is 1. The maximum absolute atomic E-state index is 13.7. The Morgan fingerprint density at radius 2 is 2.12 bits per heavy atom. The van der Waals surface area contributed by atoms with Gasteiger partial charge in [-0.25, -0.2) is 4.39 Å². The van der Waals surface area contributed by atoms with Crippen LogP contribution in [0.1, 0.15) is 19.4 Å². The second-order valence-corrected chi connectivity index (χ2v) is 5.50. The molecule has 1 atom stereocenters. The fourth-order valence-electron chi connectivity index (χ4n) is 1.74. The first-order valence-corrected chi connectivity index (χ1v) is 6.36. The van der Waals surface area contributed by atoms with E-state index < -0.39 is 0 Å². The predicted molar refractivity (Wildman–Crippen MR) is 71.7 cm³/mol. The zero-order chi connectivity index (χ0) is 13.1. The number of ether oxygens (including phenoxy) is 1. The highest BCUT2D eigenvalue weighted by atomic mass is 79.9. The number of halogens is 2. The topological polar surface area (TPSA) is 21.3 Å². The molecular weight excluding hydrogens is 285 g/mol. The second-order valence-electron chi connectivity index (χ2n) is 4.59. The van der Waals surface area contributed by atoms with E-state index in [1.54, 1.807) is 13.2 Å². The number of likely N-dealkylation sites (N-methyl/N-ethyl adjacent to an activating group) is 1. The van der Waals surface area contributed by atoms with Gasteiger partial charge in [0.05, 0.1) is 5.60 Å². The van der Waals surface area contributed by atoms with Crippen LogP contribution < -0.4 is 5.32 Å². The Labute approximate surface area is 111 Å². The molecule has 1 aromatic rings. The van der Waals surface area contributed by atoms with Crippen LogP contribution >= 0.6 is 15.9 Å². The van der Waals surface area contributed by atoms with Crippen molar-refractivity contribution in [1.29, 1.82) is 0 Å². The summed E-state index contributed by atoms with van der Waals surface area (Å²) in [6, 6.07) is 5.20. The molecule has 0 aliphatic rings. The summed E-state index contributed by atoms with van der Waals surface area (Å²) in [6.07, 6.45) is 0.594. The zero-order valence-corrected chi connectivity index (χ0v) is 12.3. The van der Waals surface area contributed by atoms with Crippen LogP contribution in [0.25, 0.3) is 0 Å². The third kappa shape index (κ3) is 3.76. The first kappa shape index (κ1) is 14.6. The van der Waals surface area contributed by atoms with E-state index in [2.05, 4.69) is 21.2 Å². The maximum atomic E-state index is 13.7. The van der Waals surface area contributed by atoms with Crippen LogP contribution in [0.15, 0.2) is 22.7 Å². The van der Waals surface area contributed by atoms with Gasteiger partial charge in [-0.2, -0.15) is 0 Å². The van der Waals surface area contributed by atoms with Gasteiger partial charge in [0.2, 0.25) is 0 Å². The normalized spacial score (nSPS) is 13.8. The average Bonchev–Trinajstić information content (AvgIpc) is 2.27. The van der Waals surface area contributed by atoms with Crippen LogP contribution in [-0.2, 0) is 11.2 Å². The van der Waals surface area contributed by atoms with Crippen LogP contribution in [0.3, 0.4) is 0 Å². The van der Waals surface area contributed by atoms with Crippen molar-refractivity contribution >= 4 is 15.9 Å². The molecule has 1 N–H and O–H groups in total. The van der Waals surface area contributed by atoms with Gasteiger partial charge in [0.1, 0.15) is 5.82 Å². The Hall–Kier alpha value is -0.450. The quantitative estimate of drug-likeness (QED) is 0.902.